The molecular formula is C13H16N3O6S+. The molecular weight excluding hydrogens is 326 g/mol. The lowest BCUT2D eigenvalue weighted by Gasteiger charge is -2.09. The second-order valence-electron chi connectivity index (χ2n) is 4.94. The van der Waals surface area contributed by atoms with Crippen LogP contribution in [0.3, 0.4) is 0 Å². The number of hydrogen-bond donors (Lipinski definition) is 3. The molecule has 10 heteroatoms. The quantitative estimate of drug-likeness (QED) is 0.475. The number of carbonyl (C=O) groups excluding carboxylic acids is 1. The van der Waals surface area contributed by atoms with E-state index in [1.807, 2.05) is 0 Å². The summed E-state index contributed by atoms with van der Waals surface area (Å²) in [6.45, 7) is -0.464. The number of para-hydroxylation sites is 2. The highest BCUT2D eigenvalue weighted by Gasteiger charge is 2.32. The molecule has 0 aliphatic carbocycles. The molecule has 0 atom stereocenters. The van der Waals surface area contributed by atoms with Gasteiger partial charge in [0.25, 0.3) is 5.52 Å². The van der Waals surface area contributed by atoms with E-state index in [2.05, 4.69) is 5.32 Å². The van der Waals surface area contributed by atoms with Gasteiger partial charge >= 0.3 is 11.6 Å². The Bertz CT molecular complexity index is 919. The first-order valence-electron chi connectivity index (χ1n) is 6.61. The van der Waals surface area contributed by atoms with E-state index in [4.69, 9.17) is 5.11 Å². The van der Waals surface area contributed by atoms with Crippen molar-refractivity contribution >= 4 is 26.8 Å². The van der Waals surface area contributed by atoms with Crippen LogP contribution >= 0.6 is 0 Å². The van der Waals surface area contributed by atoms with Gasteiger partial charge in [-0.25, -0.2) is 8.42 Å². The summed E-state index contributed by atoms with van der Waals surface area (Å²) in [5.41, 5.74) is -0.817. The first-order valence-corrected chi connectivity index (χ1v) is 8.67. The molecule has 124 valence electrons. The number of aliphatic hydroxyl groups excluding tert-OH is 1. The van der Waals surface area contributed by atoms with Gasteiger partial charge in [0, 0.05) is 23.8 Å². The van der Waals surface area contributed by atoms with Crippen molar-refractivity contribution in [3.05, 3.63) is 40.6 Å². The Morgan fingerprint density at radius 2 is 2.00 bits per heavy atom. The summed E-state index contributed by atoms with van der Waals surface area (Å²) in [7, 11) is -3.62. The molecule has 0 bridgehead atoms. The van der Waals surface area contributed by atoms with Crippen molar-refractivity contribution in [1.29, 1.82) is 0 Å². The Morgan fingerprint density at radius 3 is 2.61 bits per heavy atom. The Labute approximate surface area is 131 Å². The third-order valence-corrected chi connectivity index (χ3v) is 3.87. The maximum Gasteiger partial charge on any atom is 0.351 e. The van der Waals surface area contributed by atoms with Crippen LogP contribution in [-0.2, 0) is 15.6 Å². The first kappa shape index (κ1) is 16.9. The summed E-state index contributed by atoms with van der Waals surface area (Å²) in [6.07, 6.45) is 0.923. The van der Waals surface area contributed by atoms with Crippen LogP contribution in [0, 0.1) is 4.91 Å². The van der Waals surface area contributed by atoms with E-state index in [0.717, 1.165) is 6.26 Å². The molecule has 2 rings (SSSR count). The molecule has 0 radical (unpaired) electrons. The van der Waals surface area contributed by atoms with Crippen LogP contribution < -0.4 is 9.74 Å². The predicted octanol–water partition coefficient (Wildman–Crippen LogP) is -0.940. The van der Waals surface area contributed by atoms with Crippen molar-refractivity contribution in [1.82, 2.24) is 10.0 Å². The van der Waals surface area contributed by atoms with E-state index < -0.39 is 27.2 Å². The minimum absolute atomic E-state index is 0.00130. The zero-order valence-electron chi connectivity index (χ0n) is 12.3. The summed E-state index contributed by atoms with van der Waals surface area (Å²) in [6, 6.07) is 5.92. The summed E-state index contributed by atoms with van der Waals surface area (Å²) >= 11 is 0. The number of aromatic nitrogens is 2. The molecule has 0 saturated heterocycles. The van der Waals surface area contributed by atoms with Gasteiger partial charge in [-0.2, -0.15) is 4.73 Å². The standard InChI is InChI=1S/C13H15N3O6S/c1-23(21,22)8-11-12(13(18)14-6-7-17)16(20)10-5-3-2-4-9(10)15(11)19/h2-5,17,19H,6-8H2,1H3/p+1. The fraction of sp³-hybridized carbons (Fsp3) is 0.308. The molecule has 1 aromatic carbocycles. The lowest BCUT2D eigenvalue weighted by molar-refractivity contribution is -0.469. The first-order chi connectivity index (χ1) is 10.8. The number of nitrogens with zero attached hydrogens (tertiary/aromatic N) is 2. The zero-order valence-corrected chi connectivity index (χ0v) is 13.1. The highest BCUT2D eigenvalue weighted by atomic mass is 32.2. The van der Waals surface area contributed by atoms with E-state index in [9.17, 15) is 23.3 Å². The molecule has 1 heterocycles. The molecule has 2 aromatic rings. The number of sulfone groups is 1. The number of hydrogen-bond acceptors (Lipinski definition) is 6. The molecule has 0 aliphatic rings. The number of amides is 1. The van der Waals surface area contributed by atoms with Gasteiger partial charge in [-0.15, -0.1) is 0 Å². The fourth-order valence-electron chi connectivity index (χ4n) is 2.15. The smallest absolute Gasteiger partial charge is 0.351 e. The third kappa shape index (κ3) is 3.48. The lowest BCUT2D eigenvalue weighted by Crippen LogP contribution is -2.39. The van der Waals surface area contributed by atoms with Crippen molar-refractivity contribution in [2.24, 2.45) is 0 Å². The van der Waals surface area contributed by atoms with Crippen LogP contribution in [0.4, 0.5) is 0 Å². The van der Waals surface area contributed by atoms with Gasteiger partial charge in [0.15, 0.2) is 21.0 Å². The van der Waals surface area contributed by atoms with Gasteiger partial charge in [0.05, 0.1) is 11.0 Å². The zero-order chi connectivity index (χ0) is 17.2. The summed E-state index contributed by atoms with van der Waals surface area (Å²) in [5.74, 6) is -1.58. The number of aliphatic hydroxyl groups is 1. The van der Waals surface area contributed by atoms with Crippen LogP contribution in [0.25, 0.3) is 11.0 Å². The average Bonchev–Trinajstić information content (AvgIpc) is 2.49. The maximum atomic E-state index is 12.5. The number of benzene rings is 1. The van der Waals surface area contributed by atoms with Crippen molar-refractivity contribution in [3.8, 4) is 0 Å². The molecule has 0 unspecified atom stereocenters. The van der Waals surface area contributed by atoms with Crippen molar-refractivity contribution in [2.45, 2.75) is 5.75 Å². The highest BCUT2D eigenvalue weighted by molar-refractivity contribution is 7.89. The average molecular weight is 342 g/mol. The third-order valence-electron chi connectivity index (χ3n) is 3.07. The molecule has 0 saturated carbocycles. The number of carbonyl (C=O) groups is 1. The van der Waals surface area contributed by atoms with Crippen LogP contribution in [0.15, 0.2) is 24.3 Å². The van der Waals surface area contributed by atoms with Crippen LogP contribution in [0.5, 0.6) is 0 Å². The van der Waals surface area contributed by atoms with E-state index in [0.29, 0.717) is 4.73 Å². The molecule has 0 fully saturated rings. The molecule has 23 heavy (non-hydrogen) atoms. The van der Waals surface area contributed by atoms with Crippen LogP contribution in [0.1, 0.15) is 16.2 Å². The Balaban J connectivity index is 2.80. The molecule has 0 spiro atoms. The van der Waals surface area contributed by atoms with Gasteiger partial charge in [-0.1, -0.05) is 12.1 Å². The lowest BCUT2D eigenvalue weighted by atomic mass is 10.2. The Morgan fingerprint density at radius 1 is 1.35 bits per heavy atom. The number of nitrogens with one attached hydrogen (secondary N) is 1. The highest BCUT2D eigenvalue weighted by Crippen LogP contribution is 2.15. The second-order valence-corrected chi connectivity index (χ2v) is 7.08. The van der Waals surface area contributed by atoms with Crippen molar-refractivity contribution in [2.75, 3.05) is 19.4 Å². The number of rotatable bonds is 5. The van der Waals surface area contributed by atoms with E-state index in [1.54, 1.807) is 12.1 Å². The molecule has 1 aromatic heterocycles. The predicted molar refractivity (Wildman–Crippen MR) is 80.5 cm³/mol. The fourth-order valence-corrected chi connectivity index (χ4v) is 2.91. The minimum Gasteiger partial charge on any atom is -0.428 e. The van der Waals surface area contributed by atoms with Crippen LogP contribution in [-0.4, -0.2) is 48.8 Å². The van der Waals surface area contributed by atoms with Gasteiger partial charge in [0.2, 0.25) is 0 Å². The molecule has 3 N–H and O–H groups in total. The molecule has 1 amide bonds. The van der Waals surface area contributed by atoms with Gasteiger partial charge in [-0.05, 0) is 6.07 Å². The Hall–Kier alpha value is -2.46. The molecule has 9 nitrogen and oxygen atoms in total. The monoisotopic (exact) mass is 342 g/mol. The largest absolute Gasteiger partial charge is 0.428 e. The van der Waals surface area contributed by atoms with Gasteiger partial charge in [0.1, 0.15) is 5.75 Å². The van der Waals surface area contributed by atoms with Crippen LogP contribution in [0.2, 0.25) is 0 Å². The van der Waals surface area contributed by atoms with Gasteiger partial charge < -0.3 is 15.6 Å². The second kappa shape index (κ2) is 6.34. The maximum absolute atomic E-state index is 12.5. The van der Waals surface area contributed by atoms with Gasteiger partial charge in [-0.3, -0.25) is 4.79 Å². The van der Waals surface area contributed by atoms with E-state index in [1.165, 1.54) is 12.1 Å². The van der Waals surface area contributed by atoms with E-state index >= 15 is 0 Å². The van der Waals surface area contributed by atoms with Crippen molar-refractivity contribution < 1.29 is 28.0 Å². The van der Waals surface area contributed by atoms with E-state index in [-0.39, 0.29) is 34.3 Å². The number of fused-ring (bicyclic) bond motifs is 1. The SMILES string of the molecule is CS(=O)(=O)Cc1c(C(=O)NCCO)[n+](=O)c2ccccc2n1O. The topological polar surface area (TPSA) is 132 Å². The summed E-state index contributed by atoms with van der Waals surface area (Å²) < 4.78 is 24.0. The summed E-state index contributed by atoms with van der Waals surface area (Å²) in [4.78, 5) is 24.6. The summed E-state index contributed by atoms with van der Waals surface area (Å²) in [5, 5.41) is 21.3. The Kier molecular flexibility index (Phi) is 4.66. The molecule has 0 aliphatic heterocycles. The minimum atomic E-state index is -3.62. The van der Waals surface area contributed by atoms with Crippen molar-refractivity contribution in [3.63, 3.8) is 0 Å². The normalized spacial score (nSPS) is 11.6.